The lowest BCUT2D eigenvalue weighted by Gasteiger charge is -2.11. The van der Waals surface area contributed by atoms with E-state index < -0.39 is 18.2 Å². The molecule has 0 fully saturated rings. The smallest absolute Gasteiger partial charge is 0.308 e. The Morgan fingerprint density at radius 3 is 2.62 bits per heavy atom. The molecule has 0 aromatic heterocycles. The number of ether oxygens (including phenoxy) is 1. The van der Waals surface area contributed by atoms with Crippen LogP contribution in [-0.2, 0) is 9.53 Å². The van der Waals surface area contributed by atoms with E-state index in [2.05, 4.69) is 4.74 Å². The van der Waals surface area contributed by atoms with Gasteiger partial charge in [0.25, 0.3) is 0 Å². The van der Waals surface area contributed by atoms with Crippen LogP contribution in [0, 0.1) is 0 Å². The van der Waals surface area contributed by atoms with Crippen molar-refractivity contribution < 1.29 is 19.7 Å². The molecule has 0 bridgehead atoms. The maximum Gasteiger partial charge on any atom is 0.308 e. The van der Waals surface area contributed by atoms with Gasteiger partial charge in [-0.2, -0.15) is 0 Å². The third-order valence-corrected chi connectivity index (χ3v) is 1.56. The molecule has 0 saturated carbocycles. The van der Waals surface area contributed by atoms with Gasteiger partial charge >= 0.3 is 5.97 Å². The van der Waals surface area contributed by atoms with Gasteiger partial charge in [-0.25, -0.2) is 0 Å². The molecule has 2 unspecified atom stereocenters. The Morgan fingerprint density at radius 2 is 2.15 bits per heavy atom. The minimum Gasteiger partial charge on any atom is -0.469 e. The van der Waals surface area contributed by atoms with E-state index in [1.54, 1.807) is 19.1 Å². The van der Waals surface area contributed by atoms with Gasteiger partial charge in [0.05, 0.1) is 25.7 Å². The van der Waals surface area contributed by atoms with Crippen LogP contribution in [0.1, 0.15) is 19.8 Å². The van der Waals surface area contributed by atoms with Gasteiger partial charge in [-0.3, -0.25) is 4.79 Å². The molecule has 4 nitrogen and oxygen atoms in total. The number of esters is 1. The summed E-state index contributed by atoms with van der Waals surface area (Å²) in [6, 6.07) is 0. The molecule has 0 amide bonds. The zero-order valence-electron chi connectivity index (χ0n) is 7.93. The highest BCUT2D eigenvalue weighted by atomic mass is 16.5. The van der Waals surface area contributed by atoms with E-state index in [9.17, 15) is 15.0 Å². The summed E-state index contributed by atoms with van der Waals surface area (Å²) in [7, 11) is 1.26. The average Bonchev–Trinajstić information content (AvgIpc) is 2.04. The van der Waals surface area contributed by atoms with E-state index in [0.717, 1.165) is 0 Å². The molecule has 4 heteroatoms. The topological polar surface area (TPSA) is 66.8 Å². The number of hydrogen-bond donors (Lipinski definition) is 2. The zero-order valence-corrected chi connectivity index (χ0v) is 7.93. The fraction of sp³-hybridized carbons (Fsp3) is 0.667. The van der Waals surface area contributed by atoms with Gasteiger partial charge in [0.15, 0.2) is 0 Å². The molecule has 2 N–H and O–H groups in total. The number of hydrogen-bond acceptors (Lipinski definition) is 4. The molecule has 76 valence electrons. The number of carbonyl (C=O) groups excluding carboxylic acids is 1. The molecular weight excluding hydrogens is 172 g/mol. The van der Waals surface area contributed by atoms with Crippen molar-refractivity contribution >= 4 is 5.97 Å². The molecule has 0 aromatic carbocycles. The molecule has 0 heterocycles. The maximum atomic E-state index is 10.7. The fourth-order valence-corrected chi connectivity index (χ4v) is 0.939. The van der Waals surface area contributed by atoms with Crippen molar-refractivity contribution in [3.8, 4) is 0 Å². The summed E-state index contributed by atoms with van der Waals surface area (Å²) in [5, 5.41) is 18.5. The Hall–Kier alpha value is -0.870. The Labute approximate surface area is 77.8 Å². The summed E-state index contributed by atoms with van der Waals surface area (Å²) in [4.78, 5) is 10.7. The number of carbonyl (C=O) groups is 1. The van der Waals surface area contributed by atoms with Crippen LogP contribution in [0.3, 0.4) is 0 Å². The summed E-state index contributed by atoms with van der Waals surface area (Å²) in [6.07, 6.45) is 1.77. The minimum absolute atomic E-state index is 0.0783. The van der Waals surface area contributed by atoms with Crippen molar-refractivity contribution in [2.75, 3.05) is 7.11 Å². The van der Waals surface area contributed by atoms with Crippen molar-refractivity contribution in [1.29, 1.82) is 0 Å². The Bertz CT molecular complexity index is 176. The molecule has 0 aliphatic rings. The third kappa shape index (κ3) is 6.31. The van der Waals surface area contributed by atoms with Crippen molar-refractivity contribution in [2.45, 2.75) is 32.0 Å². The molecule has 0 aliphatic heterocycles. The highest BCUT2D eigenvalue weighted by molar-refractivity contribution is 5.69. The largest absolute Gasteiger partial charge is 0.469 e. The van der Waals surface area contributed by atoms with Crippen LogP contribution in [0.2, 0.25) is 0 Å². The van der Waals surface area contributed by atoms with Crippen molar-refractivity contribution in [1.82, 2.24) is 0 Å². The summed E-state index contributed by atoms with van der Waals surface area (Å²) < 4.78 is 4.36. The number of allylic oxidation sites excluding steroid dienone is 1. The standard InChI is InChI=1S/C9H16O4/c1-3-4-7(10)5-8(11)6-9(12)13-2/h3-4,7-8,10-11H,5-6H2,1-2H3/b4-3+. The number of rotatable bonds is 5. The van der Waals surface area contributed by atoms with E-state index in [1.807, 2.05) is 0 Å². The van der Waals surface area contributed by atoms with Crippen LogP contribution in [-0.4, -0.2) is 35.5 Å². The summed E-state index contributed by atoms with van der Waals surface area (Å²) in [6.45, 7) is 1.77. The molecule has 2 atom stereocenters. The Balaban J connectivity index is 3.73. The van der Waals surface area contributed by atoms with Crippen LogP contribution in [0.15, 0.2) is 12.2 Å². The van der Waals surface area contributed by atoms with E-state index in [4.69, 9.17) is 0 Å². The number of methoxy groups -OCH3 is 1. The molecular formula is C9H16O4. The Morgan fingerprint density at radius 1 is 1.54 bits per heavy atom. The second-order valence-electron chi connectivity index (χ2n) is 2.76. The van der Waals surface area contributed by atoms with Crippen LogP contribution in [0.4, 0.5) is 0 Å². The Kier molecular flexibility index (Phi) is 6.18. The van der Waals surface area contributed by atoms with Crippen molar-refractivity contribution in [3.05, 3.63) is 12.2 Å². The molecule has 0 aromatic rings. The fourth-order valence-electron chi connectivity index (χ4n) is 0.939. The van der Waals surface area contributed by atoms with E-state index in [1.165, 1.54) is 7.11 Å². The molecule has 0 rings (SSSR count). The highest BCUT2D eigenvalue weighted by Gasteiger charge is 2.13. The van der Waals surface area contributed by atoms with Crippen molar-refractivity contribution in [3.63, 3.8) is 0 Å². The second-order valence-corrected chi connectivity index (χ2v) is 2.76. The number of aliphatic hydroxyl groups is 2. The lowest BCUT2D eigenvalue weighted by molar-refractivity contribution is -0.143. The van der Waals surface area contributed by atoms with E-state index >= 15 is 0 Å². The van der Waals surface area contributed by atoms with Gasteiger partial charge in [0.1, 0.15) is 0 Å². The predicted octanol–water partition coefficient (Wildman–Crippen LogP) is 0.237. The van der Waals surface area contributed by atoms with E-state index in [0.29, 0.717) is 0 Å². The zero-order chi connectivity index (χ0) is 10.3. The van der Waals surface area contributed by atoms with Crippen molar-refractivity contribution in [2.24, 2.45) is 0 Å². The van der Waals surface area contributed by atoms with Gasteiger partial charge in [-0.05, 0) is 6.92 Å². The van der Waals surface area contributed by atoms with Gasteiger partial charge in [0.2, 0.25) is 0 Å². The van der Waals surface area contributed by atoms with Crippen LogP contribution < -0.4 is 0 Å². The first-order valence-electron chi connectivity index (χ1n) is 4.16. The molecule has 0 aliphatic carbocycles. The lowest BCUT2D eigenvalue weighted by Crippen LogP contribution is -2.20. The van der Waals surface area contributed by atoms with Gasteiger partial charge in [-0.15, -0.1) is 0 Å². The number of aliphatic hydroxyl groups excluding tert-OH is 2. The van der Waals surface area contributed by atoms with Crippen LogP contribution in [0.25, 0.3) is 0 Å². The SMILES string of the molecule is C/C=C/C(O)CC(O)CC(=O)OC. The third-order valence-electron chi connectivity index (χ3n) is 1.56. The summed E-state index contributed by atoms with van der Waals surface area (Å²) >= 11 is 0. The normalized spacial score (nSPS) is 15.7. The average molecular weight is 188 g/mol. The molecule has 0 radical (unpaired) electrons. The van der Waals surface area contributed by atoms with Gasteiger partial charge in [-0.1, -0.05) is 12.2 Å². The van der Waals surface area contributed by atoms with E-state index in [-0.39, 0.29) is 12.8 Å². The molecule has 13 heavy (non-hydrogen) atoms. The van der Waals surface area contributed by atoms with Gasteiger partial charge in [0, 0.05) is 6.42 Å². The minimum atomic E-state index is -0.848. The first-order chi connectivity index (χ1) is 6.10. The summed E-state index contributed by atoms with van der Waals surface area (Å²) in [5.74, 6) is -0.472. The van der Waals surface area contributed by atoms with Crippen LogP contribution >= 0.6 is 0 Å². The lowest BCUT2D eigenvalue weighted by atomic mass is 10.1. The molecule has 0 spiro atoms. The first kappa shape index (κ1) is 12.1. The van der Waals surface area contributed by atoms with Crippen LogP contribution in [0.5, 0.6) is 0 Å². The quantitative estimate of drug-likeness (QED) is 0.479. The van der Waals surface area contributed by atoms with Gasteiger partial charge < -0.3 is 14.9 Å². The highest BCUT2D eigenvalue weighted by Crippen LogP contribution is 2.04. The monoisotopic (exact) mass is 188 g/mol. The maximum absolute atomic E-state index is 10.7. The first-order valence-corrected chi connectivity index (χ1v) is 4.16. The summed E-state index contributed by atoms with van der Waals surface area (Å²) in [5.41, 5.74) is 0. The molecule has 0 saturated heterocycles. The predicted molar refractivity (Wildman–Crippen MR) is 48.1 cm³/mol. The second kappa shape index (κ2) is 6.62.